The van der Waals surface area contributed by atoms with Gasteiger partial charge in [-0.2, -0.15) is 0 Å². The zero-order valence-corrected chi connectivity index (χ0v) is 24.2. The maximum Gasteiger partial charge on any atom is 0.266 e. The quantitative estimate of drug-likeness (QED) is 0.144. The van der Waals surface area contributed by atoms with Crippen molar-refractivity contribution in [2.24, 2.45) is 0 Å². The van der Waals surface area contributed by atoms with Gasteiger partial charge in [-0.1, -0.05) is 60.0 Å². The summed E-state index contributed by atoms with van der Waals surface area (Å²) in [4.78, 5) is 45.5. The molecule has 1 aliphatic heterocycles. The number of nitrogens with zero attached hydrogens (tertiary/aromatic N) is 3. The number of aromatic nitrogens is 2. The predicted molar refractivity (Wildman–Crippen MR) is 164 cm³/mol. The Hall–Kier alpha value is -4.00. The Balaban J connectivity index is 1.27. The third-order valence-electron chi connectivity index (χ3n) is 6.08. The van der Waals surface area contributed by atoms with Gasteiger partial charge in [0.1, 0.15) is 15.9 Å². The van der Waals surface area contributed by atoms with Gasteiger partial charge in [0.15, 0.2) is 5.16 Å². The Labute approximate surface area is 248 Å². The number of rotatable bonds is 9. The number of thiocarbonyl (C=S) groups is 1. The summed E-state index contributed by atoms with van der Waals surface area (Å²) in [6.07, 6.45) is 1.76. The summed E-state index contributed by atoms with van der Waals surface area (Å²) in [5.74, 6) is -0.567. The fourth-order valence-corrected chi connectivity index (χ4v) is 6.20. The molecule has 0 unspecified atom stereocenters. The van der Waals surface area contributed by atoms with Crippen molar-refractivity contribution in [1.29, 1.82) is 0 Å². The smallest absolute Gasteiger partial charge is 0.266 e. The first-order chi connectivity index (χ1) is 19.8. The molecule has 1 aliphatic rings. The van der Waals surface area contributed by atoms with E-state index in [0.717, 1.165) is 17.3 Å². The fraction of sp³-hybridized carbons (Fsp3) is 0.138. The summed E-state index contributed by atoms with van der Waals surface area (Å²) < 4.78 is 20.2. The number of amides is 2. The van der Waals surface area contributed by atoms with Gasteiger partial charge in [0.2, 0.25) is 11.8 Å². The lowest BCUT2D eigenvalue weighted by atomic mass is 10.2. The molecular weight excluding hydrogens is 584 g/mol. The second kappa shape index (κ2) is 12.7. The Morgan fingerprint density at radius 1 is 1.10 bits per heavy atom. The van der Waals surface area contributed by atoms with Crippen molar-refractivity contribution in [3.63, 3.8) is 0 Å². The molecule has 2 amide bonds. The lowest BCUT2D eigenvalue weighted by Crippen LogP contribution is -2.31. The number of carbonyl (C=O) groups excluding carboxylic acids is 3. The number of hydrogen-bond acceptors (Lipinski definition) is 8. The van der Waals surface area contributed by atoms with Gasteiger partial charge in [-0.25, -0.2) is 9.37 Å². The average Bonchev–Trinajstić information content (AvgIpc) is 3.48. The molecule has 8 nitrogen and oxygen atoms in total. The van der Waals surface area contributed by atoms with E-state index in [0.29, 0.717) is 36.9 Å². The average molecular weight is 607 g/mol. The summed E-state index contributed by atoms with van der Waals surface area (Å²) in [6.45, 7) is 0.102. The molecule has 2 heterocycles. The lowest BCUT2D eigenvalue weighted by Gasteiger charge is -2.15. The number of carbonyl (C=O) groups is 3. The Morgan fingerprint density at radius 3 is 2.56 bits per heavy atom. The van der Waals surface area contributed by atoms with Crippen LogP contribution in [-0.2, 0) is 9.59 Å². The number of fused-ring (bicyclic) bond motifs is 1. The maximum atomic E-state index is 13.5. The molecule has 12 heteroatoms. The van der Waals surface area contributed by atoms with Gasteiger partial charge >= 0.3 is 0 Å². The second-order valence-corrected chi connectivity index (χ2v) is 11.4. The first kappa shape index (κ1) is 28.5. The monoisotopic (exact) mass is 606 g/mol. The Kier molecular flexibility index (Phi) is 8.81. The van der Waals surface area contributed by atoms with E-state index in [1.165, 1.54) is 45.5 Å². The number of benzene rings is 3. The Bertz CT molecular complexity index is 1670. The number of thioether (sulfide) groups is 2. The molecule has 5 rings (SSSR count). The van der Waals surface area contributed by atoms with Crippen LogP contribution in [0.2, 0.25) is 0 Å². The van der Waals surface area contributed by atoms with Gasteiger partial charge in [-0.15, -0.1) is 0 Å². The molecular formula is C29H23FN4O4S3. The molecule has 1 aromatic heterocycles. The summed E-state index contributed by atoms with van der Waals surface area (Å²) >= 11 is 7.75. The normalized spacial score (nSPS) is 14.2. The largest absolute Gasteiger partial charge is 0.497 e. The molecule has 0 aliphatic carbocycles. The van der Waals surface area contributed by atoms with Crippen LogP contribution in [0, 0.1) is 5.82 Å². The van der Waals surface area contributed by atoms with E-state index < -0.39 is 5.82 Å². The van der Waals surface area contributed by atoms with Crippen molar-refractivity contribution in [2.45, 2.75) is 11.6 Å². The van der Waals surface area contributed by atoms with Crippen molar-refractivity contribution in [2.75, 3.05) is 24.7 Å². The lowest BCUT2D eigenvalue weighted by molar-refractivity contribution is -0.122. The molecule has 1 saturated heterocycles. The standard InChI is InChI=1S/C29H23FN4O4S3/c1-38-21-12-6-18(7-13-21)16-24-27(37)33(29(39)41-24)15-14-26(36)34-23-5-3-2-4-22(23)32-28(34)40-17-25(35)31-20-10-8-19(30)9-11-20/h2-13,16H,14-15,17H2,1H3,(H,31,35)/b24-16-. The van der Waals surface area contributed by atoms with E-state index in [1.807, 2.05) is 30.3 Å². The summed E-state index contributed by atoms with van der Waals surface area (Å²) in [5.41, 5.74) is 2.50. The summed E-state index contributed by atoms with van der Waals surface area (Å²) in [7, 11) is 1.59. The molecule has 41 heavy (non-hydrogen) atoms. The van der Waals surface area contributed by atoms with E-state index in [-0.39, 0.29) is 36.4 Å². The van der Waals surface area contributed by atoms with Gasteiger partial charge in [0.25, 0.3) is 5.91 Å². The fourth-order valence-electron chi connectivity index (χ4n) is 4.07. The number of hydrogen-bond donors (Lipinski definition) is 1. The van der Waals surface area contributed by atoms with Gasteiger partial charge in [0.05, 0.1) is 28.8 Å². The molecule has 0 bridgehead atoms. The van der Waals surface area contributed by atoms with E-state index in [1.54, 1.807) is 31.4 Å². The predicted octanol–water partition coefficient (Wildman–Crippen LogP) is 5.85. The number of anilines is 1. The van der Waals surface area contributed by atoms with Crippen molar-refractivity contribution in [3.05, 3.63) is 89.1 Å². The highest BCUT2D eigenvalue weighted by Crippen LogP contribution is 2.33. The van der Waals surface area contributed by atoms with Crippen molar-refractivity contribution in [3.8, 4) is 5.75 Å². The van der Waals surface area contributed by atoms with E-state index >= 15 is 0 Å². The maximum absolute atomic E-state index is 13.5. The van der Waals surface area contributed by atoms with Gasteiger partial charge < -0.3 is 10.1 Å². The Morgan fingerprint density at radius 2 is 1.83 bits per heavy atom. The third kappa shape index (κ3) is 6.67. The first-order valence-corrected chi connectivity index (χ1v) is 14.6. The van der Waals surface area contributed by atoms with Crippen LogP contribution in [0.25, 0.3) is 17.1 Å². The summed E-state index contributed by atoms with van der Waals surface area (Å²) in [5, 5.41) is 3.06. The number of ether oxygens (including phenoxy) is 1. The number of para-hydroxylation sites is 2. The molecule has 208 valence electrons. The number of nitrogens with one attached hydrogen (secondary N) is 1. The van der Waals surface area contributed by atoms with Crippen LogP contribution in [0.15, 0.2) is 82.9 Å². The third-order valence-corrected chi connectivity index (χ3v) is 8.39. The van der Waals surface area contributed by atoms with Crippen LogP contribution in [-0.4, -0.2) is 55.9 Å². The zero-order chi connectivity index (χ0) is 28.9. The molecule has 0 saturated carbocycles. The SMILES string of the molecule is COc1ccc(/C=C2\SC(=S)N(CCC(=O)n3c(SCC(=O)Nc4ccc(F)cc4)nc4ccccc43)C2=O)cc1. The van der Waals surface area contributed by atoms with Crippen LogP contribution in [0.1, 0.15) is 16.8 Å². The van der Waals surface area contributed by atoms with Crippen LogP contribution in [0.5, 0.6) is 5.75 Å². The molecule has 0 spiro atoms. The second-order valence-electron chi connectivity index (χ2n) is 8.81. The molecule has 3 aromatic carbocycles. The summed E-state index contributed by atoms with van der Waals surface area (Å²) in [6, 6.07) is 19.9. The highest BCUT2D eigenvalue weighted by Gasteiger charge is 2.32. The molecule has 4 aromatic rings. The molecule has 0 radical (unpaired) electrons. The van der Waals surface area contributed by atoms with Crippen molar-refractivity contribution < 1.29 is 23.5 Å². The minimum atomic E-state index is -0.399. The van der Waals surface area contributed by atoms with Crippen LogP contribution in [0.3, 0.4) is 0 Å². The van der Waals surface area contributed by atoms with Gasteiger partial charge in [0, 0.05) is 18.7 Å². The van der Waals surface area contributed by atoms with Crippen molar-refractivity contribution >= 4 is 80.6 Å². The minimum absolute atomic E-state index is 0.00204. The number of halogens is 1. The highest BCUT2D eigenvalue weighted by atomic mass is 32.2. The van der Waals surface area contributed by atoms with Crippen LogP contribution < -0.4 is 10.1 Å². The molecule has 0 atom stereocenters. The van der Waals surface area contributed by atoms with Gasteiger partial charge in [-0.3, -0.25) is 23.9 Å². The number of imidazole rings is 1. The topological polar surface area (TPSA) is 93.5 Å². The first-order valence-electron chi connectivity index (χ1n) is 12.4. The zero-order valence-electron chi connectivity index (χ0n) is 21.7. The molecule has 1 fully saturated rings. The van der Waals surface area contributed by atoms with Crippen molar-refractivity contribution in [1.82, 2.24) is 14.5 Å². The highest BCUT2D eigenvalue weighted by molar-refractivity contribution is 8.26. The minimum Gasteiger partial charge on any atom is -0.497 e. The van der Waals surface area contributed by atoms with E-state index in [2.05, 4.69) is 10.3 Å². The van der Waals surface area contributed by atoms with Gasteiger partial charge in [-0.05, 0) is 60.2 Å². The van der Waals surface area contributed by atoms with E-state index in [4.69, 9.17) is 17.0 Å². The van der Waals surface area contributed by atoms with Crippen LogP contribution >= 0.6 is 35.7 Å². The van der Waals surface area contributed by atoms with E-state index in [9.17, 15) is 18.8 Å². The number of methoxy groups -OCH3 is 1. The van der Waals surface area contributed by atoms with Crippen LogP contribution in [0.4, 0.5) is 10.1 Å². The molecule has 1 N–H and O–H groups in total.